The monoisotopic (exact) mass is 279 g/mol. The minimum absolute atomic E-state index is 0.0675. The predicted molar refractivity (Wildman–Crippen MR) is 57.2 cm³/mol. The maximum absolute atomic E-state index is 12.8. The van der Waals surface area contributed by atoms with Gasteiger partial charge in [0.2, 0.25) is 0 Å². The molecule has 0 atom stereocenters. The molecule has 0 aliphatic rings. The van der Waals surface area contributed by atoms with E-state index in [1.54, 1.807) is 13.1 Å². The van der Waals surface area contributed by atoms with Gasteiger partial charge in [-0.05, 0) is 17.7 Å². The van der Waals surface area contributed by atoms with Crippen LogP contribution < -0.4 is 0 Å². The van der Waals surface area contributed by atoms with E-state index in [4.69, 9.17) is 11.6 Å². The summed E-state index contributed by atoms with van der Waals surface area (Å²) in [7, 11) is 1.63. The van der Waals surface area contributed by atoms with Gasteiger partial charge in [-0.15, -0.1) is 0 Å². The molecule has 0 spiro atoms. The van der Waals surface area contributed by atoms with Crippen LogP contribution >= 0.6 is 27.5 Å². The predicted octanol–water partition coefficient (Wildman–Crippen LogP) is 3.43. The van der Waals surface area contributed by atoms with Gasteiger partial charge in [0.05, 0.1) is 5.02 Å². The average molecular weight is 281 g/mol. The number of carbonyl (C=O) groups is 1. The molecular formula is C9H8BrClFNO. The van der Waals surface area contributed by atoms with Gasteiger partial charge in [0.25, 0.3) is 4.82 Å². The SMILES string of the molecule is CN(Cc1ccc(F)c(Cl)c1)C(=O)Br. The molecule has 0 N–H and O–H groups in total. The summed E-state index contributed by atoms with van der Waals surface area (Å²) in [5.41, 5.74) is 0.784. The third-order valence-corrected chi connectivity index (χ3v) is 2.60. The third kappa shape index (κ3) is 2.96. The van der Waals surface area contributed by atoms with Gasteiger partial charge in [-0.25, -0.2) is 4.39 Å². The van der Waals surface area contributed by atoms with E-state index in [-0.39, 0.29) is 9.84 Å². The Balaban J connectivity index is 2.78. The van der Waals surface area contributed by atoms with Crippen LogP contribution in [0.4, 0.5) is 9.18 Å². The number of rotatable bonds is 2. The molecule has 0 heterocycles. The van der Waals surface area contributed by atoms with E-state index in [0.29, 0.717) is 6.54 Å². The fourth-order valence-corrected chi connectivity index (χ4v) is 1.30. The van der Waals surface area contributed by atoms with Crippen LogP contribution in [0.15, 0.2) is 18.2 Å². The summed E-state index contributed by atoms with van der Waals surface area (Å²) in [4.78, 5) is 12.1. The highest BCUT2D eigenvalue weighted by atomic mass is 79.9. The summed E-state index contributed by atoms with van der Waals surface area (Å²) in [5.74, 6) is -0.455. The largest absolute Gasteiger partial charge is 0.332 e. The van der Waals surface area contributed by atoms with Crippen molar-refractivity contribution in [2.45, 2.75) is 6.54 Å². The molecule has 0 bridgehead atoms. The molecule has 1 aromatic rings. The Labute approximate surface area is 94.8 Å². The van der Waals surface area contributed by atoms with Gasteiger partial charge in [-0.3, -0.25) is 4.79 Å². The van der Waals surface area contributed by atoms with Crippen LogP contribution in [-0.4, -0.2) is 16.8 Å². The maximum Gasteiger partial charge on any atom is 0.289 e. The standard InChI is InChI=1S/C9H8BrClFNO/c1-13(9(10)14)5-6-2-3-8(12)7(11)4-6/h2-4H,5H2,1H3. The maximum atomic E-state index is 12.8. The highest BCUT2D eigenvalue weighted by Crippen LogP contribution is 2.17. The molecule has 0 saturated carbocycles. The lowest BCUT2D eigenvalue weighted by molar-refractivity contribution is 0.233. The number of carbonyl (C=O) groups excluding carboxylic acids is 1. The lowest BCUT2D eigenvalue weighted by Crippen LogP contribution is -2.19. The second kappa shape index (κ2) is 4.75. The number of hydrogen-bond acceptors (Lipinski definition) is 1. The Bertz CT molecular complexity index is 359. The molecule has 76 valence electrons. The molecular weight excluding hydrogens is 272 g/mol. The van der Waals surface area contributed by atoms with E-state index < -0.39 is 5.82 Å². The first-order valence-electron chi connectivity index (χ1n) is 3.85. The van der Waals surface area contributed by atoms with Crippen LogP contribution in [0.5, 0.6) is 0 Å². The third-order valence-electron chi connectivity index (χ3n) is 1.70. The lowest BCUT2D eigenvalue weighted by atomic mass is 10.2. The number of halogens is 3. The van der Waals surface area contributed by atoms with Crippen LogP contribution in [0.2, 0.25) is 5.02 Å². The molecule has 5 heteroatoms. The highest BCUT2D eigenvalue weighted by molar-refractivity contribution is 9.18. The molecule has 0 saturated heterocycles. The van der Waals surface area contributed by atoms with Crippen molar-refractivity contribution < 1.29 is 9.18 Å². The summed E-state index contributed by atoms with van der Waals surface area (Å²) in [5, 5.41) is 0.0675. The topological polar surface area (TPSA) is 20.3 Å². The second-order valence-corrected chi connectivity index (χ2v) is 3.94. The molecule has 1 rings (SSSR count). The molecule has 0 aliphatic carbocycles. The van der Waals surface area contributed by atoms with E-state index in [9.17, 15) is 9.18 Å². The van der Waals surface area contributed by atoms with Crippen molar-refractivity contribution in [3.63, 3.8) is 0 Å². The molecule has 1 aromatic carbocycles. The van der Waals surface area contributed by atoms with Crippen LogP contribution in [0.25, 0.3) is 0 Å². The normalized spacial score (nSPS) is 10.0. The van der Waals surface area contributed by atoms with Crippen molar-refractivity contribution in [1.29, 1.82) is 0 Å². The lowest BCUT2D eigenvalue weighted by Gasteiger charge is -2.13. The molecule has 0 aromatic heterocycles. The summed E-state index contributed by atoms with van der Waals surface area (Å²) in [6.45, 7) is 0.393. The first-order valence-corrected chi connectivity index (χ1v) is 5.02. The van der Waals surface area contributed by atoms with Crippen molar-refractivity contribution in [3.8, 4) is 0 Å². The Morgan fingerprint density at radius 3 is 2.79 bits per heavy atom. The van der Waals surface area contributed by atoms with Crippen molar-refractivity contribution >= 4 is 32.3 Å². The Morgan fingerprint density at radius 1 is 1.64 bits per heavy atom. The van der Waals surface area contributed by atoms with Crippen LogP contribution in [0, 0.1) is 5.82 Å². The summed E-state index contributed by atoms with van der Waals surface area (Å²) >= 11 is 8.40. The smallest absolute Gasteiger partial charge is 0.289 e. The first kappa shape index (κ1) is 11.5. The van der Waals surface area contributed by atoms with E-state index in [2.05, 4.69) is 15.9 Å². The molecule has 1 amide bonds. The van der Waals surface area contributed by atoms with Gasteiger partial charge in [0, 0.05) is 29.5 Å². The van der Waals surface area contributed by atoms with Gasteiger partial charge >= 0.3 is 0 Å². The van der Waals surface area contributed by atoms with E-state index >= 15 is 0 Å². The van der Waals surface area contributed by atoms with E-state index in [1.807, 2.05) is 0 Å². The fraction of sp³-hybridized carbons (Fsp3) is 0.222. The zero-order valence-corrected chi connectivity index (χ0v) is 9.77. The Kier molecular flexibility index (Phi) is 3.89. The molecule has 0 aliphatic heterocycles. The minimum atomic E-state index is -0.455. The molecule has 0 fully saturated rings. The van der Waals surface area contributed by atoms with Crippen molar-refractivity contribution in [2.24, 2.45) is 0 Å². The summed E-state index contributed by atoms with van der Waals surface area (Å²) in [6, 6.07) is 4.38. The fourth-order valence-electron chi connectivity index (χ4n) is 0.974. The van der Waals surface area contributed by atoms with Crippen LogP contribution in [-0.2, 0) is 6.54 Å². The van der Waals surface area contributed by atoms with Crippen molar-refractivity contribution in [2.75, 3.05) is 7.05 Å². The molecule has 2 nitrogen and oxygen atoms in total. The van der Waals surface area contributed by atoms with E-state index in [1.165, 1.54) is 17.0 Å². The van der Waals surface area contributed by atoms with E-state index in [0.717, 1.165) is 5.56 Å². The number of benzene rings is 1. The van der Waals surface area contributed by atoms with Crippen molar-refractivity contribution in [1.82, 2.24) is 4.90 Å². The average Bonchev–Trinajstić information content (AvgIpc) is 2.11. The number of amides is 1. The highest BCUT2D eigenvalue weighted by Gasteiger charge is 2.06. The summed E-state index contributed by atoms with van der Waals surface area (Å²) in [6.07, 6.45) is 0. The van der Waals surface area contributed by atoms with Crippen molar-refractivity contribution in [3.05, 3.63) is 34.6 Å². The number of hydrogen-bond donors (Lipinski definition) is 0. The number of nitrogens with zero attached hydrogens (tertiary/aromatic N) is 1. The van der Waals surface area contributed by atoms with Gasteiger partial charge in [0.1, 0.15) is 5.82 Å². The summed E-state index contributed by atoms with van der Waals surface area (Å²) < 4.78 is 12.8. The second-order valence-electron chi connectivity index (χ2n) is 2.86. The zero-order valence-electron chi connectivity index (χ0n) is 7.43. The minimum Gasteiger partial charge on any atom is -0.332 e. The molecule has 0 unspecified atom stereocenters. The van der Waals surface area contributed by atoms with Crippen LogP contribution in [0.1, 0.15) is 5.56 Å². The zero-order chi connectivity index (χ0) is 10.7. The van der Waals surface area contributed by atoms with Gasteiger partial charge in [-0.2, -0.15) is 0 Å². The van der Waals surface area contributed by atoms with Gasteiger partial charge in [-0.1, -0.05) is 17.7 Å². The molecule has 0 radical (unpaired) electrons. The van der Waals surface area contributed by atoms with Gasteiger partial charge < -0.3 is 4.90 Å². The Hall–Kier alpha value is -0.610. The molecule has 14 heavy (non-hydrogen) atoms. The van der Waals surface area contributed by atoms with Gasteiger partial charge in [0.15, 0.2) is 0 Å². The quantitative estimate of drug-likeness (QED) is 0.600. The van der Waals surface area contributed by atoms with Crippen LogP contribution in [0.3, 0.4) is 0 Å². The first-order chi connectivity index (χ1) is 6.50. The Morgan fingerprint density at radius 2 is 2.29 bits per heavy atom.